The standard InChI is InChI=1S/C19H20FNO3S/c1-14(15-7-3-2-4-8-15)11-21-18(22)12-24-19(23)13-25-17-10-6-5-9-16(17)20/h2-10,14H,11-13H2,1H3,(H,21,22)/t14-/m1/s1. The molecule has 0 saturated carbocycles. The Balaban J connectivity index is 1.66. The van der Waals surface area contributed by atoms with Gasteiger partial charge in [0.25, 0.3) is 5.91 Å². The molecule has 0 aliphatic carbocycles. The van der Waals surface area contributed by atoms with Crippen molar-refractivity contribution >= 4 is 23.6 Å². The molecule has 25 heavy (non-hydrogen) atoms. The Hall–Kier alpha value is -2.34. The smallest absolute Gasteiger partial charge is 0.316 e. The number of esters is 1. The maximum atomic E-state index is 13.4. The number of rotatable bonds is 8. The number of hydrogen-bond acceptors (Lipinski definition) is 4. The number of ether oxygens (including phenoxy) is 1. The third-order valence-electron chi connectivity index (χ3n) is 3.52. The molecule has 1 N–H and O–H groups in total. The first kappa shape index (κ1) is 19.0. The van der Waals surface area contributed by atoms with Crippen LogP contribution in [0.2, 0.25) is 0 Å². The highest BCUT2D eigenvalue weighted by molar-refractivity contribution is 8.00. The van der Waals surface area contributed by atoms with E-state index in [0.29, 0.717) is 11.4 Å². The molecule has 1 atom stereocenters. The van der Waals surface area contributed by atoms with Crippen molar-refractivity contribution in [1.82, 2.24) is 5.32 Å². The summed E-state index contributed by atoms with van der Waals surface area (Å²) in [5.41, 5.74) is 1.13. The van der Waals surface area contributed by atoms with E-state index in [-0.39, 0.29) is 30.0 Å². The third-order valence-corrected chi connectivity index (χ3v) is 4.54. The molecule has 1 amide bonds. The molecular weight excluding hydrogens is 341 g/mol. The minimum Gasteiger partial charge on any atom is -0.455 e. The quantitative estimate of drug-likeness (QED) is 0.578. The van der Waals surface area contributed by atoms with E-state index in [1.807, 2.05) is 37.3 Å². The van der Waals surface area contributed by atoms with Gasteiger partial charge in [-0.1, -0.05) is 49.4 Å². The zero-order valence-electron chi connectivity index (χ0n) is 13.9. The lowest BCUT2D eigenvalue weighted by atomic mass is 10.0. The topological polar surface area (TPSA) is 55.4 Å². The second kappa shape index (κ2) is 9.84. The third kappa shape index (κ3) is 6.58. The number of carbonyl (C=O) groups is 2. The summed E-state index contributed by atoms with van der Waals surface area (Å²) in [5, 5.41) is 2.74. The molecule has 0 bridgehead atoms. The predicted octanol–water partition coefficient (Wildman–Crippen LogP) is 3.38. The van der Waals surface area contributed by atoms with E-state index < -0.39 is 5.97 Å². The van der Waals surface area contributed by atoms with Gasteiger partial charge >= 0.3 is 5.97 Å². The van der Waals surface area contributed by atoms with Crippen LogP contribution in [-0.4, -0.2) is 30.8 Å². The molecular formula is C19H20FNO3S. The molecule has 4 nitrogen and oxygen atoms in total. The van der Waals surface area contributed by atoms with Crippen molar-refractivity contribution in [2.75, 3.05) is 18.9 Å². The van der Waals surface area contributed by atoms with E-state index in [1.54, 1.807) is 18.2 Å². The number of nitrogens with one attached hydrogen (secondary N) is 1. The zero-order chi connectivity index (χ0) is 18.1. The highest BCUT2D eigenvalue weighted by Crippen LogP contribution is 2.21. The monoisotopic (exact) mass is 361 g/mol. The van der Waals surface area contributed by atoms with Gasteiger partial charge in [-0.15, -0.1) is 11.8 Å². The van der Waals surface area contributed by atoms with Gasteiger partial charge in [0.2, 0.25) is 0 Å². The van der Waals surface area contributed by atoms with Crippen LogP contribution in [0.3, 0.4) is 0 Å². The molecule has 0 fully saturated rings. The van der Waals surface area contributed by atoms with Gasteiger partial charge in [-0.05, 0) is 23.6 Å². The minimum atomic E-state index is -0.556. The van der Waals surface area contributed by atoms with E-state index in [0.717, 1.165) is 17.3 Å². The van der Waals surface area contributed by atoms with Crippen LogP contribution in [0, 0.1) is 5.82 Å². The van der Waals surface area contributed by atoms with Crippen LogP contribution in [-0.2, 0) is 14.3 Å². The number of thioether (sulfide) groups is 1. The lowest BCUT2D eigenvalue weighted by Gasteiger charge is -2.13. The lowest BCUT2D eigenvalue weighted by molar-refractivity contribution is -0.145. The van der Waals surface area contributed by atoms with Gasteiger partial charge in [-0.3, -0.25) is 9.59 Å². The van der Waals surface area contributed by atoms with Crippen LogP contribution in [0.5, 0.6) is 0 Å². The first-order valence-electron chi connectivity index (χ1n) is 7.91. The summed E-state index contributed by atoms with van der Waals surface area (Å²) >= 11 is 1.04. The average molecular weight is 361 g/mol. The molecule has 0 aliphatic rings. The number of carbonyl (C=O) groups excluding carboxylic acids is 2. The van der Waals surface area contributed by atoms with E-state index >= 15 is 0 Å². The van der Waals surface area contributed by atoms with Crippen LogP contribution in [0.15, 0.2) is 59.5 Å². The van der Waals surface area contributed by atoms with Crippen molar-refractivity contribution in [2.45, 2.75) is 17.7 Å². The molecule has 0 heterocycles. The maximum absolute atomic E-state index is 13.4. The van der Waals surface area contributed by atoms with Crippen molar-refractivity contribution in [2.24, 2.45) is 0 Å². The Morgan fingerprint density at radius 1 is 1.12 bits per heavy atom. The zero-order valence-corrected chi connectivity index (χ0v) is 14.7. The Kier molecular flexibility index (Phi) is 7.47. The Morgan fingerprint density at radius 3 is 2.52 bits per heavy atom. The van der Waals surface area contributed by atoms with Gasteiger partial charge in [0.05, 0.1) is 5.75 Å². The minimum absolute atomic E-state index is 0.0470. The summed E-state index contributed by atoms with van der Waals surface area (Å²) in [6.45, 7) is 2.13. The molecule has 0 radical (unpaired) electrons. The van der Waals surface area contributed by atoms with E-state index in [1.165, 1.54) is 6.07 Å². The number of benzene rings is 2. The van der Waals surface area contributed by atoms with E-state index in [9.17, 15) is 14.0 Å². The molecule has 0 aliphatic heterocycles. The van der Waals surface area contributed by atoms with Crippen molar-refractivity contribution in [3.63, 3.8) is 0 Å². The maximum Gasteiger partial charge on any atom is 0.316 e. The fourth-order valence-electron chi connectivity index (χ4n) is 2.10. The molecule has 2 aromatic carbocycles. The highest BCUT2D eigenvalue weighted by Gasteiger charge is 2.11. The molecule has 0 spiro atoms. The first-order valence-corrected chi connectivity index (χ1v) is 8.89. The summed E-state index contributed by atoms with van der Waals surface area (Å²) in [7, 11) is 0. The summed E-state index contributed by atoms with van der Waals surface area (Å²) in [6.07, 6.45) is 0. The summed E-state index contributed by atoms with van der Waals surface area (Å²) in [4.78, 5) is 23.8. The van der Waals surface area contributed by atoms with Crippen LogP contribution < -0.4 is 5.32 Å². The molecule has 0 saturated heterocycles. The molecule has 6 heteroatoms. The molecule has 132 valence electrons. The van der Waals surface area contributed by atoms with E-state index in [2.05, 4.69) is 5.32 Å². The van der Waals surface area contributed by atoms with Gasteiger partial charge in [0.15, 0.2) is 6.61 Å². The first-order chi connectivity index (χ1) is 12.1. The van der Waals surface area contributed by atoms with Crippen LogP contribution in [0.25, 0.3) is 0 Å². The lowest BCUT2D eigenvalue weighted by Crippen LogP contribution is -2.31. The average Bonchev–Trinajstić information content (AvgIpc) is 2.64. The normalized spacial score (nSPS) is 11.6. The van der Waals surface area contributed by atoms with Gasteiger partial charge in [-0.2, -0.15) is 0 Å². The van der Waals surface area contributed by atoms with Gasteiger partial charge in [0, 0.05) is 11.4 Å². The van der Waals surface area contributed by atoms with Crippen LogP contribution >= 0.6 is 11.8 Å². The van der Waals surface area contributed by atoms with Crippen molar-refractivity contribution in [1.29, 1.82) is 0 Å². The fraction of sp³-hybridized carbons (Fsp3) is 0.263. The summed E-state index contributed by atoms with van der Waals surface area (Å²) in [6, 6.07) is 16.0. The van der Waals surface area contributed by atoms with Crippen molar-refractivity contribution < 1.29 is 18.7 Å². The summed E-state index contributed by atoms with van der Waals surface area (Å²) < 4.78 is 18.3. The molecule has 0 aromatic heterocycles. The van der Waals surface area contributed by atoms with Crippen molar-refractivity contribution in [3.05, 3.63) is 66.0 Å². The molecule has 0 unspecified atom stereocenters. The van der Waals surface area contributed by atoms with Gasteiger partial charge in [0.1, 0.15) is 5.82 Å². The SMILES string of the molecule is C[C@H](CNC(=O)COC(=O)CSc1ccccc1F)c1ccccc1. The number of amides is 1. The van der Waals surface area contributed by atoms with Gasteiger partial charge in [-0.25, -0.2) is 4.39 Å². The Morgan fingerprint density at radius 2 is 1.80 bits per heavy atom. The fourth-order valence-corrected chi connectivity index (χ4v) is 2.84. The number of halogens is 1. The van der Waals surface area contributed by atoms with Crippen molar-refractivity contribution in [3.8, 4) is 0 Å². The summed E-state index contributed by atoms with van der Waals surface area (Å²) in [5.74, 6) is -1.17. The highest BCUT2D eigenvalue weighted by atomic mass is 32.2. The van der Waals surface area contributed by atoms with Gasteiger partial charge < -0.3 is 10.1 Å². The Bertz CT molecular complexity index is 709. The van der Waals surface area contributed by atoms with E-state index in [4.69, 9.17) is 4.74 Å². The molecule has 2 rings (SSSR count). The second-order valence-corrected chi connectivity index (χ2v) is 6.51. The van der Waals surface area contributed by atoms with Crippen LogP contribution in [0.1, 0.15) is 18.4 Å². The Labute approximate surface area is 150 Å². The van der Waals surface area contributed by atoms with Crippen LogP contribution in [0.4, 0.5) is 4.39 Å². The molecule has 2 aromatic rings. The predicted molar refractivity (Wildman–Crippen MR) is 95.9 cm³/mol. The second-order valence-electron chi connectivity index (χ2n) is 5.50. The number of hydrogen-bond donors (Lipinski definition) is 1. The largest absolute Gasteiger partial charge is 0.455 e.